The van der Waals surface area contributed by atoms with Gasteiger partial charge < -0.3 is 9.47 Å². The average Bonchev–Trinajstić information content (AvgIpc) is 2.67. The SMILES string of the molecule is CCOC(=O)C(C)Oc1ccc2c(c1)N(C)C(=O)N(c1ccccc1)S2(=O)=O. The van der Waals surface area contributed by atoms with Crippen LogP contribution >= 0.6 is 0 Å². The molecule has 1 atom stereocenters. The Morgan fingerprint density at radius 2 is 1.82 bits per heavy atom. The maximum Gasteiger partial charge on any atom is 0.347 e. The molecule has 148 valence electrons. The predicted molar refractivity (Wildman–Crippen MR) is 103 cm³/mol. The highest BCUT2D eigenvalue weighted by Crippen LogP contribution is 2.38. The third kappa shape index (κ3) is 3.40. The lowest BCUT2D eigenvalue weighted by Crippen LogP contribution is -2.49. The van der Waals surface area contributed by atoms with Crippen molar-refractivity contribution < 1.29 is 27.5 Å². The minimum absolute atomic E-state index is 0.0328. The third-order valence-electron chi connectivity index (χ3n) is 4.19. The number of hydrogen-bond acceptors (Lipinski definition) is 6. The summed E-state index contributed by atoms with van der Waals surface area (Å²) in [5, 5.41) is 0. The molecule has 1 unspecified atom stereocenters. The molecule has 0 aromatic heterocycles. The monoisotopic (exact) mass is 404 g/mol. The van der Waals surface area contributed by atoms with E-state index < -0.39 is 28.1 Å². The Kier molecular flexibility index (Phi) is 5.28. The van der Waals surface area contributed by atoms with E-state index in [1.807, 2.05) is 0 Å². The van der Waals surface area contributed by atoms with Crippen LogP contribution in [-0.4, -0.2) is 40.2 Å². The van der Waals surface area contributed by atoms with Crippen molar-refractivity contribution in [3.63, 3.8) is 0 Å². The number of nitrogens with zero attached hydrogens (tertiary/aromatic N) is 2. The van der Waals surface area contributed by atoms with E-state index in [2.05, 4.69) is 0 Å². The van der Waals surface area contributed by atoms with Gasteiger partial charge in [0.2, 0.25) is 0 Å². The van der Waals surface area contributed by atoms with Gasteiger partial charge in [0.05, 0.1) is 18.0 Å². The number of benzene rings is 2. The van der Waals surface area contributed by atoms with E-state index in [1.54, 1.807) is 37.3 Å². The van der Waals surface area contributed by atoms with Crippen molar-refractivity contribution in [2.45, 2.75) is 24.8 Å². The van der Waals surface area contributed by atoms with Gasteiger partial charge >= 0.3 is 12.0 Å². The van der Waals surface area contributed by atoms with Gasteiger partial charge in [0.15, 0.2) is 6.10 Å². The summed E-state index contributed by atoms with van der Waals surface area (Å²) in [4.78, 5) is 25.7. The lowest BCUT2D eigenvalue weighted by atomic mass is 10.2. The van der Waals surface area contributed by atoms with Crippen molar-refractivity contribution in [2.24, 2.45) is 0 Å². The maximum atomic E-state index is 13.1. The number of amides is 2. The largest absolute Gasteiger partial charge is 0.479 e. The Labute approximate surface area is 163 Å². The van der Waals surface area contributed by atoms with Gasteiger partial charge in [-0.25, -0.2) is 18.0 Å². The number of para-hydroxylation sites is 1. The van der Waals surface area contributed by atoms with E-state index >= 15 is 0 Å². The molecule has 1 heterocycles. The first-order valence-corrected chi connectivity index (χ1v) is 10.1. The number of fused-ring (bicyclic) bond motifs is 1. The van der Waals surface area contributed by atoms with Gasteiger partial charge in [-0.3, -0.25) is 4.90 Å². The normalized spacial score (nSPS) is 16.3. The Balaban J connectivity index is 1.99. The van der Waals surface area contributed by atoms with Crippen LogP contribution in [0.15, 0.2) is 53.4 Å². The van der Waals surface area contributed by atoms with E-state index in [4.69, 9.17) is 9.47 Å². The number of urea groups is 1. The van der Waals surface area contributed by atoms with Crippen LogP contribution in [-0.2, 0) is 19.6 Å². The van der Waals surface area contributed by atoms with Gasteiger partial charge in [-0.2, -0.15) is 4.31 Å². The van der Waals surface area contributed by atoms with Crippen LogP contribution in [0.1, 0.15) is 13.8 Å². The molecule has 1 aliphatic rings. The van der Waals surface area contributed by atoms with E-state index in [1.165, 1.54) is 37.1 Å². The van der Waals surface area contributed by atoms with Crippen LogP contribution < -0.4 is 13.9 Å². The number of rotatable bonds is 5. The number of carbonyl (C=O) groups excluding carboxylic acids is 2. The lowest BCUT2D eigenvalue weighted by Gasteiger charge is -2.34. The number of anilines is 2. The minimum atomic E-state index is -4.09. The zero-order chi connectivity index (χ0) is 20.5. The summed E-state index contributed by atoms with van der Waals surface area (Å²) in [6.07, 6.45) is -0.875. The molecular formula is C19H20N2O6S. The van der Waals surface area contributed by atoms with E-state index in [0.717, 1.165) is 4.31 Å². The molecule has 0 fully saturated rings. The number of carbonyl (C=O) groups is 2. The van der Waals surface area contributed by atoms with Gasteiger partial charge in [-0.15, -0.1) is 0 Å². The second-order valence-electron chi connectivity index (χ2n) is 6.09. The van der Waals surface area contributed by atoms with Crippen molar-refractivity contribution in [2.75, 3.05) is 22.9 Å². The van der Waals surface area contributed by atoms with Gasteiger partial charge in [-0.1, -0.05) is 18.2 Å². The summed E-state index contributed by atoms with van der Waals surface area (Å²) in [7, 11) is -2.62. The average molecular weight is 404 g/mol. The zero-order valence-electron chi connectivity index (χ0n) is 15.7. The van der Waals surface area contributed by atoms with Crippen LogP contribution in [0.4, 0.5) is 16.2 Å². The van der Waals surface area contributed by atoms with Gasteiger partial charge in [0.25, 0.3) is 10.0 Å². The first-order chi connectivity index (χ1) is 13.3. The molecule has 2 amide bonds. The van der Waals surface area contributed by atoms with Crippen LogP contribution in [0, 0.1) is 0 Å². The van der Waals surface area contributed by atoms with E-state index in [9.17, 15) is 18.0 Å². The molecule has 0 bridgehead atoms. The number of sulfonamides is 1. The van der Waals surface area contributed by atoms with Gasteiger partial charge in [0, 0.05) is 13.1 Å². The van der Waals surface area contributed by atoms with Crippen LogP contribution in [0.3, 0.4) is 0 Å². The van der Waals surface area contributed by atoms with E-state index in [0.29, 0.717) is 0 Å². The molecule has 0 saturated heterocycles. The summed E-state index contributed by atoms with van der Waals surface area (Å²) >= 11 is 0. The fraction of sp³-hybridized carbons (Fsp3) is 0.263. The summed E-state index contributed by atoms with van der Waals surface area (Å²) in [5.74, 6) is -0.283. The smallest absolute Gasteiger partial charge is 0.347 e. The van der Waals surface area contributed by atoms with Crippen molar-refractivity contribution in [3.05, 3.63) is 48.5 Å². The second kappa shape index (κ2) is 7.51. The summed E-state index contributed by atoms with van der Waals surface area (Å²) < 4.78 is 37.3. The van der Waals surface area contributed by atoms with Crippen LogP contribution in [0.2, 0.25) is 0 Å². The standard InChI is InChI=1S/C19H20N2O6S/c1-4-26-18(22)13(2)27-15-10-11-17-16(12-15)20(3)19(23)21(28(17,24)25)14-8-6-5-7-9-14/h5-13H,4H2,1-3H3. The van der Waals surface area contributed by atoms with Gasteiger partial charge in [0.1, 0.15) is 10.6 Å². The topological polar surface area (TPSA) is 93.2 Å². The highest BCUT2D eigenvalue weighted by Gasteiger charge is 2.41. The first kappa shape index (κ1) is 19.7. The number of hydrogen-bond donors (Lipinski definition) is 0. The second-order valence-corrected chi connectivity index (χ2v) is 7.84. The van der Waals surface area contributed by atoms with Crippen molar-refractivity contribution >= 4 is 33.4 Å². The molecule has 28 heavy (non-hydrogen) atoms. The molecule has 9 heteroatoms. The highest BCUT2D eigenvalue weighted by molar-refractivity contribution is 7.94. The quantitative estimate of drug-likeness (QED) is 0.712. The summed E-state index contributed by atoms with van der Waals surface area (Å²) in [6.45, 7) is 3.44. The van der Waals surface area contributed by atoms with E-state index in [-0.39, 0.29) is 28.6 Å². The highest BCUT2D eigenvalue weighted by atomic mass is 32.2. The predicted octanol–water partition coefficient (Wildman–Crippen LogP) is 2.78. The van der Waals surface area contributed by atoms with Gasteiger partial charge in [-0.05, 0) is 38.1 Å². The van der Waals surface area contributed by atoms with Crippen LogP contribution in [0.5, 0.6) is 5.75 Å². The molecule has 0 saturated carbocycles. The molecule has 0 N–H and O–H groups in total. The first-order valence-electron chi connectivity index (χ1n) is 8.62. The Hall–Kier alpha value is -3.07. The summed E-state index contributed by atoms with van der Waals surface area (Å²) in [6, 6.07) is 11.6. The molecule has 2 aromatic rings. The van der Waals surface area contributed by atoms with Crippen LogP contribution in [0.25, 0.3) is 0 Å². The lowest BCUT2D eigenvalue weighted by molar-refractivity contribution is -0.150. The van der Waals surface area contributed by atoms with Crippen molar-refractivity contribution in [1.82, 2.24) is 0 Å². The molecule has 8 nitrogen and oxygen atoms in total. The summed E-state index contributed by atoms with van der Waals surface area (Å²) in [5.41, 5.74) is 0.423. The molecular weight excluding hydrogens is 384 g/mol. The Morgan fingerprint density at radius 1 is 1.14 bits per heavy atom. The van der Waals surface area contributed by atoms with Crippen molar-refractivity contribution in [1.29, 1.82) is 0 Å². The molecule has 0 aliphatic carbocycles. The fourth-order valence-electron chi connectivity index (χ4n) is 2.82. The molecule has 2 aromatic carbocycles. The number of esters is 1. The molecule has 1 aliphatic heterocycles. The maximum absolute atomic E-state index is 13.1. The molecule has 3 rings (SSSR count). The molecule has 0 radical (unpaired) electrons. The zero-order valence-corrected chi connectivity index (χ0v) is 16.5. The minimum Gasteiger partial charge on any atom is -0.479 e. The Morgan fingerprint density at radius 3 is 2.46 bits per heavy atom. The molecule has 0 spiro atoms. The third-order valence-corrected chi connectivity index (χ3v) is 5.94. The Bertz CT molecular complexity index is 1010. The number of ether oxygens (including phenoxy) is 2. The fourth-order valence-corrected chi connectivity index (χ4v) is 4.44. The van der Waals surface area contributed by atoms with Crippen molar-refractivity contribution in [3.8, 4) is 5.75 Å².